The predicted molar refractivity (Wildman–Crippen MR) is 71.6 cm³/mol. The quantitative estimate of drug-likeness (QED) is 0.551. The number of fused-ring (bicyclic) bond motifs is 2. The Labute approximate surface area is 111 Å². The maximum Gasteiger partial charge on any atom is 0.350 e. The second-order valence-electron chi connectivity index (χ2n) is 4.19. The summed E-state index contributed by atoms with van der Waals surface area (Å²) in [7, 11) is 0. The van der Waals surface area contributed by atoms with Gasteiger partial charge in [-0.2, -0.15) is 0 Å². The fourth-order valence-corrected chi connectivity index (χ4v) is 2.80. The zero-order valence-electron chi connectivity index (χ0n) is 9.80. The van der Waals surface area contributed by atoms with Crippen LogP contribution in [-0.4, -0.2) is 23.6 Å². The van der Waals surface area contributed by atoms with E-state index in [4.69, 9.17) is 0 Å². The van der Waals surface area contributed by atoms with Crippen LogP contribution >= 0.6 is 11.3 Å². The Kier molecular flexibility index (Phi) is 2.10. The number of aromatic nitrogens is 5. The molecule has 0 spiro atoms. The molecule has 0 radical (unpaired) electrons. The van der Waals surface area contributed by atoms with Crippen molar-refractivity contribution in [3.63, 3.8) is 0 Å². The highest BCUT2D eigenvalue weighted by molar-refractivity contribution is 7.15. The SMILES string of the molecule is O=c1n(Cc2cn3ccsc3n2)nc2ccccn12. The van der Waals surface area contributed by atoms with E-state index in [0.717, 1.165) is 10.7 Å². The lowest BCUT2D eigenvalue weighted by Crippen LogP contribution is -2.21. The Morgan fingerprint density at radius 1 is 1.26 bits per heavy atom. The first kappa shape index (κ1) is 10.5. The second-order valence-corrected chi connectivity index (χ2v) is 5.07. The summed E-state index contributed by atoms with van der Waals surface area (Å²) < 4.78 is 4.90. The molecule has 0 aliphatic heterocycles. The second kappa shape index (κ2) is 3.79. The molecule has 0 unspecified atom stereocenters. The first-order chi connectivity index (χ1) is 9.31. The third-order valence-electron chi connectivity index (χ3n) is 2.94. The predicted octanol–water partition coefficient (Wildman–Crippen LogP) is 1.25. The van der Waals surface area contributed by atoms with Crippen LogP contribution in [0.1, 0.15) is 5.69 Å². The minimum absolute atomic E-state index is 0.146. The van der Waals surface area contributed by atoms with Crippen molar-refractivity contribution in [3.05, 3.63) is 58.3 Å². The summed E-state index contributed by atoms with van der Waals surface area (Å²) in [4.78, 5) is 17.5. The van der Waals surface area contributed by atoms with Gasteiger partial charge in [-0.15, -0.1) is 16.4 Å². The summed E-state index contributed by atoms with van der Waals surface area (Å²) in [6.45, 7) is 0.384. The summed E-state index contributed by atoms with van der Waals surface area (Å²) >= 11 is 1.57. The molecule has 4 aromatic heterocycles. The van der Waals surface area contributed by atoms with Crippen LogP contribution in [0, 0.1) is 0 Å². The van der Waals surface area contributed by atoms with Crippen LogP contribution < -0.4 is 5.69 Å². The van der Waals surface area contributed by atoms with E-state index in [9.17, 15) is 4.79 Å². The van der Waals surface area contributed by atoms with E-state index in [1.54, 1.807) is 17.5 Å². The number of hydrogen-bond acceptors (Lipinski definition) is 4. The summed E-state index contributed by atoms with van der Waals surface area (Å²) in [5.74, 6) is 0. The van der Waals surface area contributed by atoms with Crippen molar-refractivity contribution in [1.82, 2.24) is 23.6 Å². The average molecular weight is 271 g/mol. The molecular weight excluding hydrogens is 262 g/mol. The molecule has 0 aromatic carbocycles. The van der Waals surface area contributed by atoms with Crippen molar-refractivity contribution in [2.24, 2.45) is 0 Å². The molecule has 0 N–H and O–H groups in total. The fraction of sp³-hybridized carbons (Fsp3) is 0.0833. The van der Waals surface area contributed by atoms with Gasteiger partial charge in [-0.3, -0.25) is 8.80 Å². The number of thiazole rings is 1. The van der Waals surface area contributed by atoms with Crippen LogP contribution in [0.4, 0.5) is 0 Å². The lowest BCUT2D eigenvalue weighted by Gasteiger charge is -1.93. The van der Waals surface area contributed by atoms with Crippen LogP contribution in [0.3, 0.4) is 0 Å². The highest BCUT2D eigenvalue weighted by Crippen LogP contribution is 2.11. The normalized spacial score (nSPS) is 11.6. The lowest BCUT2D eigenvalue weighted by atomic mass is 10.5. The van der Waals surface area contributed by atoms with Gasteiger partial charge >= 0.3 is 5.69 Å². The Morgan fingerprint density at radius 3 is 3.05 bits per heavy atom. The van der Waals surface area contributed by atoms with Gasteiger partial charge in [0.15, 0.2) is 10.6 Å². The van der Waals surface area contributed by atoms with Gasteiger partial charge in [0.05, 0.1) is 12.2 Å². The molecule has 4 rings (SSSR count). The molecule has 0 atom stereocenters. The van der Waals surface area contributed by atoms with Gasteiger partial charge in [0.1, 0.15) is 0 Å². The lowest BCUT2D eigenvalue weighted by molar-refractivity contribution is 0.649. The first-order valence-corrected chi connectivity index (χ1v) is 6.64. The number of pyridine rings is 1. The molecule has 0 fully saturated rings. The fourth-order valence-electron chi connectivity index (χ4n) is 2.08. The van der Waals surface area contributed by atoms with Gasteiger partial charge < -0.3 is 0 Å². The maximum atomic E-state index is 12.1. The maximum absolute atomic E-state index is 12.1. The molecule has 7 heteroatoms. The third kappa shape index (κ3) is 1.59. The van der Waals surface area contributed by atoms with E-state index < -0.39 is 0 Å². The Morgan fingerprint density at radius 2 is 2.21 bits per heavy atom. The smallest absolute Gasteiger partial charge is 0.297 e. The molecule has 4 aromatic rings. The van der Waals surface area contributed by atoms with E-state index in [2.05, 4.69) is 10.1 Å². The molecule has 6 nitrogen and oxygen atoms in total. The van der Waals surface area contributed by atoms with Gasteiger partial charge in [0.25, 0.3) is 0 Å². The van der Waals surface area contributed by atoms with Gasteiger partial charge in [-0.1, -0.05) is 6.07 Å². The average Bonchev–Trinajstić information content (AvgIpc) is 3.05. The summed E-state index contributed by atoms with van der Waals surface area (Å²) in [5, 5.41) is 6.26. The van der Waals surface area contributed by atoms with Crippen molar-refractivity contribution in [2.75, 3.05) is 0 Å². The molecule has 94 valence electrons. The van der Waals surface area contributed by atoms with Crippen molar-refractivity contribution in [1.29, 1.82) is 0 Å². The number of hydrogen-bond donors (Lipinski definition) is 0. The largest absolute Gasteiger partial charge is 0.350 e. The molecule has 0 saturated carbocycles. The number of rotatable bonds is 2. The monoisotopic (exact) mass is 271 g/mol. The molecule has 0 saturated heterocycles. The van der Waals surface area contributed by atoms with Crippen LogP contribution in [0.2, 0.25) is 0 Å². The third-order valence-corrected chi connectivity index (χ3v) is 3.71. The van der Waals surface area contributed by atoms with E-state index in [1.807, 2.05) is 40.4 Å². The van der Waals surface area contributed by atoms with E-state index in [0.29, 0.717) is 12.2 Å². The van der Waals surface area contributed by atoms with Crippen LogP contribution in [-0.2, 0) is 6.54 Å². The highest BCUT2D eigenvalue weighted by Gasteiger charge is 2.09. The van der Waals surface area contributed by atoms with Crippen LogP contribution in [0.15, 0.2) is 47.0 Å². The summed E-state index contributed by atoms with van der Waals surface area (Å²) in [6, 6.07) is 5.48. The van der Waals surface area contributed by atoms with Crippen LogP contribution in [0.25, 0.3) is 10.6 Å². The van der Waals surface area contributed by atoms with Gasteiger partial charge in [0, 0.05) is 24.0 Å². The zero-order valence-corrected chi connectivity index (χ0v) is 10.6. The highest BCUT2D eigenvalue weighted by atomic mass is 32.1. The van der Waals surface area contributed by atoms with Crippen molar-refractivity contribution >= 4 is 21.9 Å². The topological polar surface area (TPSA) is 56.6 Å². The molecule has 0 amide bonds. The first-order valence-electron chi connectivity index (χ1n) is 5.76. The molecule has 19 heavy (non-hydrogen) atoms. The summed E-state index contributed by atoms with van der Waals surface area (Å²) in [5.41, 5.74) is 1.33. The Balaban J connectivity index is 1.80. The molecule has 0 aliphatic rings. The zero-order chi connectivity index (χ0) is 12.8. The number of nitrogens with zero attached hydrogens (tertiary/aromatic N) is 5. The van der Waals surface area contributed by atoms with Gasteiger partial charge in [-0.25, -0.2) is 14.5 Å². The summed E-state index contributed by atoms with van der Waals surface area (Å²) in [6.07, 6.45) is 5.58. The van der Waals surface area contributed by atoms with E-state index in [1.165, 1.54) is 9.08 Å². The van der Waals surface area contributed by atoms with Gasteiger partial charge in [-0.05, 0) is 12.1 Å². The molecular formula is C12H9N5OS. The van der Waals surface area contributed by atoms with E-state index >= 15 is 0 Å². The number of imidazole rings is 1. The standard InChI is InChI=1S/C12H9N5OS/c18-12-16-4-2-1-3-10(16)14-17(12)8-9-7-15-5-6-19-11(15)13-9/h1-7H,8H2. The minimum atomic E-state index is -0.146. The van der Waals surface area contributed by atoms with Crippen molar-refractivity contribution in [3.8, 4) is 0 Å². The van der Waals surface area contributed by atoms with Gasteiger partial charge in [0.2, 0.25) is 0 Å². The Hall–Kier alpha value is -2.41. The van der Waals surface area contributed by atoms with Crippen LogP contribution in [0.5, 0.6) is 0 Å². The Bertz CT molecular complexity index is 900. The molecule has 0 bridgehead atoms. The van der Waals surface area contributed by atoms with E-state index in [-0.39, 0.29) is 5.69 Å². The van der Waals surface area contributed by atoms with Crippen molar-refractivity contribution in [2.45, 2.75) is 6.54 Å². The minimum Gasteiger partial charge on any atom is -0.297 e. The molecule has 4 heterocycles. The molecule has 0 aliphatic carbocycles. The van der Waals surface area contributed by atoms with Crippen molar-refractivity contribution < 1.29 is 0 Å².